The zero-order valence-electron chi connectivity index (χ0n) is 20.5. The van der Waals surface area contributed by atoms with Crippen LogP contribution in [0.3, 0.4) is 0 Å². The smallest absolute Gasteiger partial charge is 0.471 e. The summed E-state index contributed by atoms with van der Waals surface area (Å²) >= 11 is 3.99. The van der Waals surface area contributed by atoms with Gasteiger partial charge < -0.3 is 14.8 Å². The molecule has 1 aliphatic heterocycles. The van der Waals surface area contributed by atoms with Crippen LogP contribution in [0.4, 0.5) is 32.0 Å². The van der Waals surface area contributed by atoms with E-state index in [-0.39, 0.29) is 11.6 Å². The van der Waals surface area contributed by atoms with E-state index in [1.165, 1.54) is 17.1 Å². The lowest BCUT2D eigenvalue weighted by atomic mass is 10.0. The first-order chi connectivity index (χ1) is 18.1. The third-order valence-corrected chi connectivity index (χ3v) is 5.34. The Morgan fingerprint density at radius 3 is 2.05 bits per heavy atom. The summed E-state index contributed by atoms with van der Waals surface area (Å²) in [6.45, 7) is 0.309. The van der Waals surface area contributed by atoms with E-state index < -0.39 is 23.5 Å². The lowest BCUT2D eigenvalue weighted by Crippen LogP contribution is -2.33. The Morgan fingerprint density at radius 1 is 0.949 bits per heavy atom. The number of nitrogens with zero attached hydrogens (tertiary/aromatic N) is 2. The number of nitrogens with one attached hydrogen (secondary N) is 1. The van der Waals surface area contributed by atoms with Crippen molar-refractivity contribution in [3.8, 4) is 11.5 Å². The van der Waals surface area contributed by atoms with Crippen LogP contribution < -0.4 is 14.8 Å². The predicted molar refractivity (Wildman–Crippen MR) is 129 cm³/mol. The molecule has 15 heteroatoms. The van der Waals surface area contributed by atoms with E-state index in [2.05, 4.69) is 16.7 Å². The number of alkyl halides is 6. The zero-order chi connectivity index (χ0) is 29.4. The van der Waals surface area contributed by atoms with Gasteiger partial charge in [0.05, 0.1) is 19.9 Å². The number of rotatable bonds is 7. The molecule has 0 aliphatic carbocycles. The molecule has 3 rings (SSSR count). The topological polar surface area (TPSA) is 97.3 Å². The van der Waals surface area contributed by atoms with Gasteiger partial charge in [-0.1, -0.05) is 12.1 Å². The number of carbonyl (C=O) groups excluding carboxylic acids is 3. The highest BCUT2D eigenvalue weighted by atomic mass is 35.5. The molecule has 2 aromatic rings. The zero-order valence-corrected chi connectivity index (χ0v) is 21.2. The van der Waals surface area contributed by atoms with Gasteiger partial charge in [-0.2, -0.15) is 31.4 Å². The van der Waals surface area contributed by atoms with E-state index in [4.69, 9.17) is 14.3 Å². The molecule has 0 atom stereocenters. The minimum absolute atomic E-state index is 0.0406. The van der Waals surface area contributed by atoms with Gasteiger partial charge in [0.1, 0.15) is 0 Å². The van der Waals surface area contributed by atoms with Crippen molar-refractivity contribution in [2.75, 3.05) is 26.1 Å². The summed E-state index contributed by atoms with van der Waals surface area (Å²) in [5, 5.41) is 5.39. The molecular formula is C24H22ClF6N3O5. The first kappa shape index (κ1) is 31.4. The first-order valence-electron chi connectivity index (χ1n) is 11.0. The molecule has 1 N–H and O–H groups in total. The molecule has 2 amide bonds. The van der Waals surface area contributed by atoms with Crippen molar-refractivity contribution in [1.82, 2.24) is 5.01 Å². The molecule has 0 fully saturated rings. The van der Waals surface area contributed by atoms with Gasteiger partial charge >= 0.3 is 23.5 Å². The van der Waals surface area contributed by atoms with Crippen molar-refractivity contribution < 1.29 is 50.2 Å². The number of benzene rings is 2. The Morgan fingerprint density at radius 2 is 1.54 bits per heavy atom. The Kier molecular flexibility index (Phi) is 10.7. The number of methoxy groups -OCH3 is 2. The number of anilines is 1. The molecular weight excluding hydrogens is 560 g/mol. The maximum absolute atomic E-state index is 12.3. The van der Waals surface area contributed by atoms with Crippen LogP contribution in [0, 0.1) is 0 Å². The van der Waals surface area contributed by atoms with Gasteiger partial charge in [-0.15, -0.1) is 0 Å². The Hall–Kier alpha value is -3.81. The molecule has 1 heterocycles. The van der Waals surface area contributed by atoms with E-state index in [9.17, 15) is 35.9 Å². The number of hydrogen-bond acceptors (Lipinski definition) is 6. The minimum atomic E-state index is -4.95. The van der Waals surface area contributed by atoms with E-state index in [0.29, 0.717) is 37.3 Å². The number of hydrogen-bond donors (Lipinski definition) is 1. The van der Waals surface area contributed by atoms with Gasteiger partial charge in [0.2, 0.25) is 5.91 Å². The summed E-state index contributed by atoms with van der Waals surface area (Å²) in [5.41, 5.74) is 2.40. The molecule has 212 valence electrons. The number of ether oxygens (including phenoxy) is 2. The van der Waals surface area contributed by atoms with Crippen LogP contribution >= 0.6 is 11.6 Å². The van der Waals surface area contributed by atoms with Crippen molar-refractivity contribution in [2.24, 2.45) is 5.10 Å². The second-order valence-electron chi connectivity index (χ2n) is 7.80. The van der Waals surface area contributed by atoms with Crippen molar-refractivity contribution in [2.45, 2.75) is 31.6 Å². The fourth-order valence-electron chi connectivity index (χ4n) is 3.19. The number of hydrazone groups is 1. The highest BCUT2D eigenvalue weighted by Gasteiger charge is 2.38. The van der Waals surface area contributed by atoms with E-state index in [1.807, 2.05) is 6.07 Å². The molecule has 0 aromatic heterocycles. The number of carbonyl (C=O) groups is 3. The van der Waals surface area contributed by atoms with Crippen LogP contribution in [0.5, 0.6) is 11.5 Å². The Bertz CT molecular complexity index is 1220. The van der Waals surface area contributed by atoms with Gasteiger partial charge in [-0.05, 0) is 53.9 Å². The Balaban J connectivity index is 0.000000673. The largest absolute Gasteiger partial charge is 0.493 e. The molecule has 39 heavy (non-hydrogen) atoms. The van der Waals surface area contributed by atoms with E-state index in [1.54, 1.807) is 43.8 Å². The summed E-state index contributed by atoms with van der Waals surface area (Å²) in [5.74, 6) is -0.978. The van der Waals surface area contributed by atoms with E-state index in [0.717, 1.165) is 16.8 Å². The summed E-state index contributed by atoms with van der Waals surface area (Å²) in [6.07, 6.45) is -8.56. The Labute approximate surface area is 223 Å². The van der Waals surface area contributed by atoms with E-state index >= 15 is 0 Å². The third kappa shape index (κ3) is 9.46. The van der Waals surface area contributed by atoms with Crippen LogP contribution in [-0.4, -0.2) is 60.9 Å². The number of halogens is 7. The van der Waals surface area contributed by atoms with Gasteiger partial charge in [-0.3, -0.25) is 14.4 Å². The molecule has 0 saturated carbocycles. The van der Waals surface area contributed by atoms with Gasteiger partial charge in [-0.25, -0.2) is 5.01 Å². The second kappa shape index (κ2) is 13.3. The van der Waals surface area contributed by atoms with Crippen molar-refractivity contribution in [3.05, 3.63) is 53.6 Å². The SMILES string of the molecule is COc1ccc(C2=NN(CCc3ccc(NC(=O)C(F)(F)F)cc3)C(=O)CC2)cc1OC.O=C(Cl)C(F)(F)F. The van der Waals surface area contributed by atoms with Crippen LogP contribution in [-0.2, 0) is 20.8 Å². The number of amides is 2. The third-order valence-electron chi connectivity index (χ3n) is 5.13. The summed E-state index contributed by atoms with van der Waals surface area (Å²) in [6, 6.07) is 11.4. The predicted octanol–water partition coefficient (Wildman–Crippen LogP) is 5.09. The van der Waals surface area contributed by atoms with Crippen LogP contribution in [0.15, 0.2) is 47.6 Å². The quantitative estimate of drug-likeness (QED) is 0.363. The molecule has 0 spiro atoms. The van der Waals surface area contributed by atoms with Crippen LogP contribution in [0.25, 0.3) is 0 Å². The summed E-state index contributed by atoms with van der Waals surface area (Å²) in [7, 11) is 3.09. The molecule has 2 aromatic carbocycles. The van der Waals surface area contributed by atoms with Crippen LogP contribution in [0.2, 0.25) is 0 Å². The highest BCUT2D eigenvalue weighted by Crippen LogP contribution is 2.29. The standard InChI is InChI=1S/C22H22F3N3O4.C2ClF3O/c1-31-18-9-5-15(13-19(18)32-2)17-8-10-20(29)28(27-17)12-11-14-3-6-16(7-4-14)26-21(30)22(23,24)25;3-1(7)2(4,5)6/h3-7,9,13H,8,10-12H2,1-2H3,(H,26,30);. The van der Waals surface area contributed by atoms with Gasteiger partial charge in [0.25, 0.3) is 0 Å². The van der Waals surface area contributed by atoms with Gasteiger partial charge in [0.15, 0.2) is 11.5 Å². The normalized spacial score (nSPS) is 13.6. The molecule has 1 aliphatic rings. The second-order valence-corrected chi connectivity index (χ2v) is 8.15. The average molecular weight is 582 g/mol. The first-order valence-corrected chi connectivity index (χ1v) is 11.4. The molecule has 0 unspecified atom stereocenters. The maximum atomic E-state index is 12.3. The lowest BCUT2D eigenvalue weighted by Gasteiger charge is -2.24. The van der Waals surface area contributed by atoms with Gasteiger partial charge in [0, 0.05) is 30.6 Å². The molecule has 0 saturated heterocycles. The lowest BCUT2D eigenvalue weighted by molar-refractivity contribution is -0.167. The van der Waals surface area contributed by atoms with Crippen molar-refractivity contribution in [1.29, 1.82) is 0 Å². The summed E-state index contributed by atoms with van der Waals surface area (Å²) in [4.78, 5) is 32.4. The monoisotopic (exact) mass is 581 g/mol. The van der Waals surface area contributed by atoms with Crippen molar-refractivity contribution in [3.63, 3.8) is 0 Å². The van der Waals surface area contributed by atoms with Crippen molar-refractivity contribution >= 4 is 40.1 Å². The minimum Gasteiger partial charge on any atom is -0.493 e. The highest BCUT2D eigenvalue weighted by molar-refractivity contribution is 6.64. The fraction of sp³-hybridized carbons (Fsp3) is 0.333. The average Bonchev–Trinajstić information content (AvgIpc) is 2.88. The molecule has 8 nitrogen and oxygen atoms in total. The van der Waals surface area contributed by atoms with Crippen LogP contribution in [0.1, 0.15) is 24.0 Å². The maximum Gasteiger partial charge on any atom is 0.471 e. The molecule has 0 radical (unpaired) electrons. The fourth-order valence-corrected chi connectivity index (χ4v) is 3.19. The molecule has 0 bridgehead atoms. The summed E-state index contributed by atoms with van der Waals surface area (Å²) < 4.78 is 79.7.